The first-order valence-corrected chi connectivity index (χ1v) is 12.8. The number of ketones is 2. The Bertz CT molecular complexity index is 1280. The van der Waals surface area contributed by atoms with Crippen LogP contribution in [0.4, 0.5) is 5.69 Å². The minimum atomic E-state index is -0.390. The molecule has 0 aromatic heterocycles. The molecule has 0 saturated carbocycles. The third-order valence-electron chi connectivity index (χ3n) is 7.26. The molecule has 0 bridgehead atoms. The van der Waals surface area contributed by atoms with Gasteiger partial charge in [0, 0.05) is 59.1 Å². The summed E-state index contributed by atoms with van der Waals surface area (Å²) in [6.07, 6.45) is 4.32. The zero-order chi connectivity index (χ0) is 25.4. The van der Waals surface area contributed by atoms with E-state index in [1.54, 1.807) is 18.2 Å². The summed E-state index contributed by atoms with van der Waals surface area (Å²) in [6, 6.07) is 12.8. The summed E-state index contributed by atoms with van der Waals surface area (Å²) in [5.74, 6) is 0.0405. The van der Waals surface area contributed by atoms with Crippen molar-refractivity contribution in [1.29, 1.82) is 0 Å². The number of amides is 1. The maximum atomic E-state index is 13.1. The number of benzene rings is 2. The molecule has 0 radical (unpaired) electrons. The SMILES string of the molecule is Cc1ccc(NC(=O)COc2cccc(C3C4=C(CCCC4=O)N(C)C4=C3C(=O)CCC4)c2)cc1Cl. The number of ether oxygens (including phenoxy) is 1. The third kappa shape index (κ3) is 4.58. The van der Waals surface area contributed by atoms with Gasteiger partial charge in [-0.3, -0.25) is 14.4 Å². The van der Waals surface area contributed by atoms with E-state index in [-0.39, 0.29) is 30.0 Å². The van der Waals surface area contributed by atoms with E-state index in [0.717, 1.165) is 59.4 Å². The standard InChI is InChI=1S/C29H29ClN2O4/c1-17-12-13-19(15-21(17)30)31-26(35)16-36-20-7-3-6-18(14-20)27-28-22(8-4-10-24(28)33)32(2)23-9-5-11-25(34)29(23)27/h3,6-7,12-15,27H,4-5,8-11,16H2,1-2H3,(H,31,35). The number of nitrogens with zero attached hydrogens (tertiary/aromatic N) is 1. The monoisotopic (exact) mass is 504 g/mol. The molecule has 0 unspecified atom stereocenters. The number of rotatable bonds is 5. The summed E-state index contributed by atoms with van der Waals surface area (Å²) in [5.41, 5.74) is 5.93. The van der Waals surface area contributed by atoms with E-state index in [1.165, 1.54) is 0 Å². The van der Waals surface area contributed by atoms with Crippen LogP contribution in [0.1, 0.15) is 55.6 Å². The lowest BCUT2D eigenvalue weighted by atomic mass is 9.71. The molecule has 5 rings (SSSR count). The Morgan fingerprint density at radius 2 is 1.67 bits per heavy atom. The van der Waals surface area contributed by atoms with Crippen molar-refractivity contribution in [2.45, 2.75) is 51.4 Å². The first-order valence-electron chi connectivity index (χ1n) is 12.4. The van der Waals surface area contributed by atoms with Gasteiger partial charge in [0.05, 0.1) is 0 Å². The van der Waals surface area contributed by atoms with Crippen LogP contribution in [-0.2, 0) is 14.4 Å². The fourth-order valence-corrected chi connectivity index (χ4v) is 5.67. The number of halogens is 1. The second-order valence-corrected chi connectivity index (χ2v) is 10.0. The van der Waals surface area contributed by atoms with Gasteiger partial charge in [0.25, 0.3) is 5.91 Å². The van der Waals surface area contributed by atoms with Crippen molar-refractivity contribution in [3.8, 4) is 5.75 Å². The second-order valence-electron chi connectivity index (χ2n) is 9.64. The highest BCUT2D eigenvalue weighted by atomic mass is 35.5. The van der Waals surface area contributed by atoms with Crippen LogP contribution >= 0.6 is 11.6 Å². The first-order chi connectivity index (χ1) is 17.3. The van der Waals surface area contributed by atoms with Gasteiger partial charge < -0.3 is 15.0 Å². The normalized spacial score (nSPS) is 18.2. The zero-order valence-corrected chi connectivity index (χ0v) is 21.3. The Balaban J connectivity index is 1.40. The van der Waals surface area contributed by atoms with Crippen LogP contribution in [0.25, 0.3) is 0 Å². The molecule has 186 valence electrons. The highest BCUT2D eigenvalue weighted by Crippen LogP contribution is 2.48. The van der Waals surface area contributed by atoms with Crippen molar-refractivity contribution in [2.24, 2.45) is 0 Å². The molecular weight excluding hydrogens is 476 g/mol. The molecule has 2 aromatic carbocycles. The summed E-state index contributed by atoms with van der Waals surface area (Å²) < 4.78 is 5.81. The Hall–Kier alpha value is -3.38. The second kappa shape index (κ2) is 9.94. The number of aryl methyl sites for hydroxylation is 1. The van der Waals surface area contributed by atoms with Gasteiger partial charge in [-0.25, -0.2) is 0 Å². The largest absolute Gasteiger partial charge is 0.484 e. The number of allylic oxidation sites excluding steroid dienone is 4. The Labute approximate surface area is 216 Å². The summed E-state index contributed by atoms with van der Waals surface area (Å²) in [5, 5.41) is 3.37. The highest BCUT2D eigenvalue weighted by Gasteiger charge is 2.42. The maximum absolute atomic E-state index is 13.1. The summed E-state index contributed by atoms with van der Waals surface area (Å²) >= 11 is 6.15. The molecule has 3 aliphatic rings. The number of carbonyl (C=O) groups excluding carboxylic acids is 3. The van der Waals surface area contributed by atoms with Crippen molar-refractivity contribution in [3.05, 3.63) is 81.2 Å². The Morgan fingerprint density at radius 3 is 2.31 bits per heavy atom. The summed E-state index contributed by atoms with van der Waals surface area (Å²) in [6.45, 7) is 1.72. The molecule has 2 aromatic rings. The molecule has 1 N–H and O–H groups in total. The fourth-order valence-electron chi connectivity index (χ4n) is 5.49. The van der Waals surface area contributed by atoms with Gasteiger partial charge in [0.2, 0.25) is 0 Å². The number of hydrogen-bond acceptors (Lipinski definition) is 5. The smallest absolute Gasteiger partial charge is 0.262 e. The van der Waals surface area contributed by atoms with Gasteiger partial charge in [-0.2, -0.15) is 0 Å². The number of hydrogen-bond donors (Lipinski definition) is 1. The summed E-state index contributed by atoms with van der Waals surface area (Å²) in [4.78, 5) is 40.9. The lowest BCUT2D eigenvalue weighted by Gasteiger charge is -2.42. The molecule has 36 heavy (non-hydrogen) atoms. The van der Waals surface area contributed by atoms with Crippen LogP contribution in [0.2, 0.25) is 5.02 Å². The predicted octanol–water partition coefficient (Wildman–Crippen LogP) is 5.71. The molecule has 0 fully saturated rings. The molecule has 1 amide bonds. The first kappa shape index (κ1) is 24.3. The van der Waals surface area contributed by atoms with Crippen LogP contribution in [0.3, 0.4) is 0 Å². The van der Waals surface area contributed by atoms with Crippen molar-refractivity contribution >= 4 is 34.8 Å². The van der Waals surface area contributed by atoms with Crippen LogP contribution in [0, 0.1) is 6.92 Å². The number of anilines is 1. The molecule has 7 heteroatoms. The van der Waals surface area contributed by atoms with E-state index in [0.29, 0.717) is 29.3 Å². The topological polar surface area (TPSA) is 75.7 Å². The minimum absolute atomic E-state index is 0.112. The number of carbonyl (C=O) groups is 3. The van der Waals surface area contributed by atoms with E-state index in [4.69, 9.17) is 16.3 Å². The van der Waals surface area contributed by atoms with Crippen molar-refractivity contribution < 1.29 is 19.1 Å². The van der Waals surface area contributed by atoms with Crippen molar-refractivity contribution in [3.63, 3.8) is 0 Å². The predicted molar refractivity (Wildman–Crippen MR) is 139 cm³/mol. The van der Waals surface area contributed by atoms with E-state index >= 15 is 0 Å². The molecule has 1 heterocycles. The molecule has 6 nitrogen and oxygen atoms in total. The van der Waals surface area contributed by atoms with E-state index in [1.807, 2.05) is 38.2 Å². The van der Waals surface area contributed by atoms with Gasteiger partial charge in [-0.05, 0) is 68.0 Å². The van der Waals surface area contributed by atoms with E-state index < -0.39 is 0 Å². The molecular formula is C29H29ClN2O4. The van der Waals surface area contributed by atoms with Crippen LogP contribution in [-0.4, -0.2) is 36.0 Å². The average Bonchev–Trinajstić information content (AvgIpc) is 2.86. The van der Waals surface area contributed by atoms with Crippen molar-refractivity contribution in [1.82, 2.24) is 4.90 Å². The molecule has 0 atom stereocenters. The minimum Gasteiger partial charge on any atom is -0.484 e. The highest BCUT2D eigenvalue weighted by molar-refractivity contribution is 6.31. The summed E-state index contributed by atoms with van der Waals surface area (Å²) in [7, 11) is 1.98. The van der Waals surface area contributed by atoms with Gasteiger partial charge >= 0.3 is 0 Å². The van der Waals surface area contributed by atoms with E-state index in [2.05, 4.69) is 10.2 Å². The molecule has 0 saturated heterocycles. The Morgan fingerprint density at radius 1 is 1.00 bits per heavy atom. The van der Waals surface area contributed by atoms with Gasteiger partial charge in [0.1, 0.15) is 5.75 Å². The van der Waals surface area contributed by atoms with Crippen LogP contribution in [0.15, 0.2) is 65.0 Å². The lowest BCUT2D eigenvalue weighted by molar-refractivity contribution is -0.118. The number of nitrogens with one attached hydrogen (secondary N) is 1. The number of Topliss-reactive ketones (excluding diaryl/α,β-unsaturated/α-hetero) is 2. The van der Waals surface area contributed by atoms with Gasteiger partial charge in [0.15, 0.2) is 18.2 Å². The van der Waals surface area contributed by atoms with Gasteiger partial charge in [-0.15, -0.1) is 0 Å². The molecule has 0 spiro atoms. The van der Waals surface area contributed by atoms with Gasteiger partial charge in [-0.1, -0.05) is 29.8 Å². The molecule has 1 aliphatic heterocycles. The molecule has 2 aliphatic carbocycles. The van der Waals surface area contributed by atoms with Crippen molar-refractivity contribution in [2.75, 3.05) is 19.0 Å². The average molecular weight is 505 g/mol. The Kier molecular flexibility index (Phi) is 6.71. The zero-order valence-electron chi connectivity index (χ0n) is 20.5. The lowest BCUT2D eigenvalue weighted by Crippen LogP contribution is -2.37. The fraction of sp³-hybridized carbons (Fsp3) is 0.345. The quantitative estimate of drug-likeness (QED) is 0.564. The third-order valence-corrected chi connectivity index (χ3v) is 7.67. The van der Waals surface area contributed by atoms with Crippen LogP contribution in [0.5, 0.6) is 5.75 Å². The van der Waals surface area contributed by atoms with E-state index in [9.17, 15) is 14.4 Å². The van der Waals surface area contributed by atoms with Crippen LogP contribution < -0.4 is 10.1 Å². The maximum Gasteiger partial charge on any atom is 0.262 e.